The summed E-state index contributed by atoms with van der Waals surface area (Å²) in [6, 6.07) is 12.3. The van der Waals surface area contributed by atoms with Crippen molar-refractivity contribution in [3.8, 4) is 10.6 Å². The van der Waals surface area contributed by atoms with Gasteiger partial charge in [0.15, 0.2) is 5.82 Å². The van der Waals surface area contributed by atoms with Gasteiger partial charge in [0.2, 0.25) is 5.91 Å². The van der Waals surface area contributed by atoms with E-state index in [1.54, 1.807) is 17.5 Å². The molecule has 150 valence electrons. The Bertz CT molecular complexity index is 961. The molecule has 1 fully saturated rings. The van der Waals surface area contributed by atoms with Crippen molar-refractivity contribution in [1.82, 2.24) is 9.97 Å². The molecule has 3 heterocycles. The van der Waals surface area contributed by atoms with E-state index >= 15 is 0 Å². The second-order valence-corrected chi connectivity index (χ2v) is 8.20. The van der Waals surface area contributed by atoms with Crippen molar-refractivity contribution >= 4 is 28.7 Å². The van der Waals surface area contributed by atoms with Crippen LogP contribution in [0.2, 0.25) is 0 Å². The number of carbonyl (C=O) groups is 1. The molecule has 6 heteroatoms. The monoisotopic (exact) mass is 406 g/mol. The normalized spacial score (nSPS) is 14.0. The van der Waals surface area contributed by atoms with Crippen molar-refractivity contribution in [3.05, 3.63) is 59.2 Å². The lowest BCUT2D eigenvalue weighted by atomic mass is 10.1. The molecule has 0 unspecified atom stereocenters. The van der Waals surface area contributed by atoms with E-state index in [4.69, 9.17) is 0 Å². The highest BCUT2D eigenvalue weighted by Crippen LogP contribution is 2.27. The van der Waals surface area contributed by atoms with Crippen LogP contribution in [-0.2, 0) is 17.6 Å². The lowest BCUT2D eigenvalue weighted by Gasteiger charge is -2.29. The maximum absolute atomic E-state index is 12.7. The van der Waals surface area contributed by atoms with E-state index in [1.165, 1.54) is 24.8 Å². The molecule has 2 aromatic heterocycles. The number of amides is 1. The van der Waals surface area contributed by atoms with Crippen LogP contribution in [0, 0.1) is 0 Å². The van der Waals surface area contributed by atoms with E-state index in [0.29, 0.717) is 0 Å². The molecule has 0 atom stereocenters. The fraction of sp³-hybridized carbons (Fsp3) is 0.348. The molecule has 1 aliphatic rings. The average Bonchev–Trinajstić information content (AvgIpc) is 3.23. The second kappa shape index (κ2) is 9.18. The third-order valence-electron chi connectivity index (χ3n) is 5.22. The number of carbonyl (C=O) groups excluding carboxylic acids is 1. The molecule has 29 heavy (non-hydrogen) atoms. The van der Waals surface area contributed by atoms with Gasteiger partial charge < -0.3 is 10.2 Å². The average molecular weight is 407 g/mol. The number of hydrogen-bond acceptors (Lipinski definition) is 5. The van der Waals surface area contributed by atoms with Crippen LogP contribution >= 0.6 is 11.3 Å². The van der Waals surface area contributed by atoms with Gasteiger partial charge in [0, 0.05) is 30.2 Å². The van der Waals surface area contributed by atoms with Crippen LogP contribution < -0.4 is 10.2 Å². The van der Waals surface area contributed by atoms with E-state index in [9.17, 15) is 4.79 Å². The predicted molar refractivity (Wildman–Crippen MR) is 120 cm³/mol. The molecule has 1 aromatic carbocycles. The minimum Gasteiger partial charge on any atom is -0.355 e. The van der Waals surface area contributed by atoms with Gasteiger partial charge in [0.1, 0.15) is 5.01 Å². The summed E-state index contributed by atoms with van der Waals surface area (Å²) in [5.74, 6) is 0.810. The van der Waals surface area contributed by atoms with Crippen LogP contribution in [0.3, 0.4) is 0 Å². The summed E-state index contributed by atoms with van der Waals surface area (Å²) >= 11 is 1.58. The Labute approximate surface area is 175 Å². The molecule has 4 rings (SSSR count). The third-order valence-corrected chi connectivity index (χ3v) is 6.16. The lowest BCUT2D eigenvalue weighted by molar-refractivity contribution is -0.115. The molecule has 0 spiro atoms. The Morgan fingerprint density at radius 2 is 1.93 bits per heavy atom. The first-order valence-corrected chi connectivity index (χ1v) is 11.1. The molecule has 5 nitrogen and oxygen atoms in total. The van der Waals surface area contributed by atoms with Crippen molar-refractivity contribution in [3.63, 3.8) is 0 Å². The minimum absolute atomic E-state index is 0.0607. The number of aryl methyl sites for hydroxylation is 1. The molecule has 1 N–H and O–H groups in total. The van der Waals surface area contributed by atoms with Crippen LogP contribution in [0.4, 0.5) is 11.5 Å². The Morgan fingerprint density at radius 3 is 2.69 bits per heavy atom. The summed E-state index contributed by atoms with van der Waals surface area (Å²) < 4.78 is 0. The number of pyridine rings is 1. The number of thiazole rings is 1. The third kappa shape index (κ3) is 4.82. The van der Waals surface area contributed by atoms with Gasteiger partial charge in [0.05, 0.1) is 17.8 Å². The lowest BCUT2D eigenvalue weighted by Crippen LogP contribution is -2.31. The minimum atomic E-state index is -0.0607. The summed E-state index contributed by atoms with van der Waals surface area (Å²) in [5.41, 5.74) is 3.99. The number of benzene rings is 1. The Balaban J connectivity index is 1.42. The number of nitrogens with zero attached hydrogens (tertiary/aromatic N) is 3. The van der Waals surface area contributed by atoms with Gasteiger partial charge in [-0.15, -0.1) is 11.3 Å². The Morgan fingerprint density at radius 1 is 1.14 bits per heavy atom. The number of aromatic nitrogens is 2. The van der Waals surface area contributed by atoms with Crippen molar-refractivity contribution in [2.24, 2.45) is 0 Å². The topological polar surface area (TPSA) is 58.1 Å². The molecule has 1 amide bonds. The highest BCUT2D eigenvalue weighted by atomic mass is 32.1. The molecule has 1 aliphatic heterocycles. The maximum Gasteiger partial charge on any atom is 0.230 e. The van der Waals surface area contributed by atoms with E-state index in [1.807, 2.05) is 17.5 Å². The smallest absolute Gasteiger partial charge is 0.230 e. The van der Waals surface area contributed by atoms with Gasteiger partial charge in [-0.05, 0) is 43.4 Å². The predicted octanol–water partition coefficient (Wildman–Crippen LogP) is 4.94. The van der Waals surface area contributed by atoms with Gasteiger partial charge in [-0.25, -0.2) is 9.97 Å². The van der Waals surface area contributed by atoms with E-state index in [-0.39, 0.29) is 12.3 Å². The molecule has 1 saturated heterocycles. The van der Waals surface area contributed by atoms with Gasteiger partial charge in [0.25, 0.3) is 0 Å². The molecule has 0 radical (unpaired) electrons. The number of rotatable bonds is 6. The number of anilines is 2. The number of nitrogens with one attached hydrogen (secondary N) is 1. The fourth-order valence-corrected chi connectivity index (χ4v) is 4.44. The van der Waals surface area contributed by atoms with Crippen molar-refractivity contribution in [1.29, 1.82) is 0 Å². The quantitative estimate of drug-likeness (QED) is 0.630. The first-order valence-electron chi connectivity index (χ1n) is 10.3. The van der Waals surface area contributed by atoms with Crippen molar-refractivity contribution < 1.29 is 4.79 Å². The van der Waals surface area contributed by atoms with Gasteiger partial charge >= 0.3 is 0 Å². The first kappa shape index (κ1) is 19.6. The molecule has 3 aromatic rings. The van der Waals surface area contributed by atoms with Crippen molar-refractivity contribution in [2.45, 2.75) is 39.0 Å². The van der Waals surface area contributed by atoms with Crippen LogP contribution in [0.15, 0.2) is 48.0 Å². The number of piperidine rings is 1. The summed E-state index contributed by atoms with van der Waals surface area (Å²) in [6.07, 6.45) is 6.68. The van der Waals surface area contributed by atoms with E-state index in [2.05, 4.69) is 51.4 Å². The van der Waals surface area contributed by atoms with E-state index in [0.717, 1.165) is 47.3 Å². The molecule has 0 bridgehead atoms. The maximum atomic E-state index is 12.7. The molecular formula is C23H26N4OS. The number of hydrogen-bond donors (Lipinski definition) is 1. The second-order valence-electron chi connectivity index (χ2n) is 7.34. The Hall–Kier alpha value is -2.73. The SMILES string of the molecule is CCc1ccc(-c2nc(CC(=O)Nc3cccnc3N3CCCCC3)cs2)cc1. The summed E-state index contributed by atoms with van der Waals surface area (Å²) in [7, 11) is 0. The zero-order valence-corrected chi connectivity index (χ0v) is 17.5. The van der Waals surface area contributed by atoms with Crippen LogP contribution in [0.1, 0.15) is 37.4 Å². The molecule has 0 aliphatic carbocycles. The molecule has 0 saturated carbocycles. The van der Waals surface area contributed by atoms with Gasteiger partial charge in [-0.3, -0.25) is 4.79 Å². The van der Waals surface area contributed by atoms with Crippen LogP contribution in [-0.4, -0.2) is 29.0 Å². The summed E-state index contributed by atoms with van der Waals surface area (Å²) in [6.45, 7) is 4.13. The molecular weight excluding hydrogens is 380 g/mol. The van der Waals surface area contributed by atoms with E-state index < -0.39 is 0 Å². The van der Waals surface area contributed by atoms with Gasteiger partial charge in [-0.1, -0.05) is 31.2 Å². The summed E-state index contributed by atoms with van der Waals surface area (Å²) in [5, 5.41) is 5.96. The van der Waals surface area contributed by atoms with Crippen molar-refractivity contribution in [2.75, 3.05) is 23.3 Å². The first-order chi connectivity index (χ1) is 14.2. The zero-order chi connectivity index (χ0) is 20.1. The van der Waals surface area contributed by atoms with Crippen LogP contribution in [0.5, 0.6) is 0 Å². The standard InChI is InChI=1S/C23H26N4OS/c1-2-17-8-10-18(11-9-17)23-25-19(16-29-23)15-21(28)26-20-7-6-12-24-22(20)27-13-4-3-5-14-27/h6-12,16H,2-5,13-15H2,1H3,(H,26,28). The summed E-state index contributed by atoms with van der Waals surface area (Å²) in [4.78, 5) is 24.1. The van der Waals surface area contributed by atoms with Crippen LogP contribution in [0.25, 0.3) is 10.6 Å². The Kier molecular flexibility index (Phi) is 6.20. The largest absolute Gasteiger partial charge is 0.355 e. The fourth-order valence-electron chi connectivity index (χ4n) is 3.61. The van der Waals surface area contributed by atoms with Gasteiger partial charge in [-0.2, -0.15) is 0 Å². The zero-order valence-electron chi connectivity index (χ0n) is 16.7. The highest BCUT2D eigenvalue weighted by molar-refractivity contribution is 7.13. The highest BCUT2D eigenvalue weighted by Gasteiger charge is 2.17.